The van der Waals surface area contributed by atoms with Gasteiger partial charge in [-0.05, 0) is 75.5 Å². The molecule has 12 rings (SSSR count). The van der Waals surface area contributed by atoms with E-state index in [1.54, 1.807) is 0 Å². The number of rotatable bonds is 3. The second-order valence-corrected chi connectivity index (χ2v) is 14.2. The lowest BCUT2D eigenvalue weighted by atomic mass is 10.0. The average molecular weight is 687 g/mol. The van der Waals surface area contributed by atoms with Crippen LogP contribution in [0.2, 0.25) is 0 Å². The number of benzene rings is 9. The maximum atomic E-state index is 5.48. The van der Waals surface area contributed by atoms with E-state index in [2.05, 4.69) is 191 Å². The molecule has 3 heterocycles. The van der Waals surface area contributed by atoms with Crippen LogP contribution in [-0.2, 0) is 0 Å². The summed E-state index contributed by atoms with van der Waals surface area (Å²) in [4.78, 5) is 10.7. The number of hydrogen-bond donors (Lipinski definition) is 0. The van der Waals surface area contributed by atoms with Gasteiger partial charge in [-0.3, -0.25) is 4.57 Å². The molecule has 0 bridgehead atoms. The lowest BCUT2D eigenvalue weighted by molar-refractivity contribution is 1.08. The molecular weight excluding hydrogens is 657 g/mol. The number of hydrogen-bond acceptors (Lipinski definition) is 2. The van der Waals surface area contributed by atoms with Gasteiger partial charge in [0, 0.05) is 43.6 Å². The van der Waals surface area contributed by atoms with E-state index >= 15 is 0 Å². The van der Waals surface area contributed by atoms with E-state index < -0.39 is 0 Å². The first-order chi connectivity index (χ1) is 26.8. The summed E-state index contributed by atoms with van der Waals surface area (Å²) in [6, 6.07) is 65.5. The zero-order chi connectivity index (χ0) is 35.3. The molecule has 9 aromatic carbocycles. The van der Waals surface area contributed by atoms with Crippen LogP contribution < -0.4 is 0 Å². The molecule has 0 fully saturated rings. The Balaban J connectivity index is 1.20. The summed E-state index contributed by atoms with van der Waals surface area (Å²) in [6.07, 6.45) is 0. The van der Waals surface area contributed by atoms with Crippen LogP contribution >= 0.6 is 0 Å². The molecular formula is C50H30N4. The number of aromatic nitrogens is 4. The van der Waals surface area contributed by atoms with Crippen molar-refractivity contribution in [2.45, 2.75) is 0 Å². The Morgan fingerprint density at radius 1 is 0.333 bits per heavy atom. The van der Waals surface area contributed by atoms with E-state index in [1.165, 1.54) is 59.5 Å². The fourth-order valence-corrected chi connectivity index (χ4v) is 8.83. The lowest BCUT2D eigenvalue weighted by Gasteiger charge is -2.14. The van der Waals surface area contributed by atoms with Crippen LogP contribution in [0.15, 0.2) is 182 Å². The van der Waals surface area contributed by atoms with Gasteiger partial charge in [-0.25, -0.2) is 9.97 Å². The molecule has 3 aromatic heterocycles. The monoisotopic (exact) mass is 686 g/mol. The van der Waals surface area contributed by atoms with E-state index in [9.17, 15) is 0 Å². The number of fused-ring (bicyclic) bond motifs is 11. The Hall–Kier alpha value is -7.30. The summed E-state index contributed by atoms with van der Waals surface area (Å²) in [6.45, 7) is 0. The first kappa shape index (κ1) is 29.3. The molecule has 0 radical (unpaired) electrons. The fraction of sp³-hybridized carbons (Fsp3) is 0. The normalized spacial score (nSPS) is 12.1. The van der Waals surface area contributed by atoms with Gasteiger partial charge in [0.25, 0.3) is 0 Å². The van der Waals surface area contributed by atoms with Gasteiger partial charge < -0.3 is 4.57 Å². The molecule has 0 unspecified atom stereocenters. The van der Waals surface area contributed by atoms with Crippen molar-refractivity contribution < 1.29 is 0 Å². The Morgan fingerprint density at radius 2 is 0.963 bits per heavy atom. The van der Waals surface area contributed by atoms with Crippen LogP contribution in [-0.4, -0.2) is 19.1 Å². The van der Waals surface area contributed by atoms with Crippen molar-refractivity contribution in [3.05, 3.63) is 182 Å². The highest BCUT2D eigenvalue weighted by Crippen LogP contribution is 2.41. The van der Waals surface area contributed by atoms with Gasteiger partial charge in [-0.1, -0.05) is 133 Å². The van der Waals surface area contributed by atoms with Gasteiger partial charge in [0.15, 0.2) is 5.82 Å². The summed E-state index contributed by atoms with van der Waals surface area (Å²) in [5.41, 5.74) is 7.69. The highest BCUT2D eigenvalue weighted by molar-refractivity contribution is 6.19. The number of nitrogens with zero attached hydrogens (tertiary/aromatic N) is 4. The van der Waals surface area contributed by atoms with Crippen LogP contribution in [0, 0.1) is 0 Å². The largest absolute Gasteiger partial charge is 0.309 e. The third kappa shape index (κ3) is 4.13. The van der Waals surface area contributed by atoms with Crippen LogP contribution in [0.25, 0.3) is 110 Å². The van der Waals surface area contributed by atoms with Crippen molar-refractivity contribution >= 4 is 86.8 Å². The summed E-state index contributed by atoms with van der Waals surface area (Å²) in [5, 5.41) is 13.1. The molecule has 250 valence electrons. The second-order valence-electron chi connectivity index (χ2n) is 14.2. The van der Waals surface area contributed by atoms with E-state index in [0.29, 0.717) is 5.82 Å². The van der Waals surface area contributed by atoms with Crippen LogP contribution in [0.5, 0.6) is 0 Å². The molecule has 0 atom stereocenters. The number of para-hydroxylation sites is 2. The summed E-state index contributed by atoms with van der Waals surface area (Å²) >= 11 is 0. The molecule has 0 aliphatic rings. The highest BCUT2D eigenvalue weighted by atomic mass is 15.1. The Labute approximate surface area is 309 Å². The minimum atomic E-state index is 0.713. The Morgan fingerprint density at radius 3 is 1.81 bits per heavy atom. The lowest BCUT2D eigenvalue weighted by Crippen LogP contribution is -2.03. The van der Waals surface area contributed by atoms with Gasteiger partial charge in [-0.2, -0.15) is 0 Å². The standard InChI is InChI=1S/C50H30N4/c1-2-15-34-29-47-42(28-33(34)14-1)43-30-35(53-45-23-10-8-19-38(45)39-26-24-32-13-4-6-18-37(32)48(39)53)25-27-46(43)54(47)50-41-20-7-9-22-44(41)51-49(52-50)40-21-11-16-31-12-3-5-17-36(31)40/h1-30H. The molecule has 0 saturated carbocycles. The van der Waals surface area contributed by atoms with Crippen LogP contribution in [0.3, 0.4) is 0 Å². The third-order valence-electron chi connectivity index (χ3n) is 11.3. The minimum absolute atomic E-state index is 0.713. The smallest absolute Gasteiger partial charge is 0.162 e. The van der Waals surface area contributed by atoms with Crippen molar-refractivity contribution in [3.8, 4) is 22.9 Å². The summed E-state index contributed by atoms with van der Waals surface area (Å²) < 4.78 is 4.82. The first-order valence-corrected chi connectivity index (χ1v) is 18.4. The molecule has 54 heavy (non-hydrogen) atoms. The maximum Gasteiger partial charge on any atom is 0.162 e. The topological polar surface area (TPSA) is 35.6 Å². The highest BCUT2D eigenvalue weighted by Gasteiger charge is 2.21. The van der Waals surface area contributed by atoms with Gasteiger partial charge in [0.1, 0.15) is 5.82 Å². The van der Waals surface area contributed by atoms with Crippen molar-refractivity contribution in [1.82, 2.24) is 19.1 Å². The van der Waals surface area contributed by atoms with E-state index in [-0.39, 0.29) is 0 Å². The van der Waals surface area contributed by atoms with Gasteiger partial charge in [0.2, 0.25) is 0 Å². The predicted molar refractivity (Wildman–Crippen MR) is 226 cm³/mol. The van der Waals surface area contributed by atoms with Gasteiger partial charge >= 0.3 is 0 Å². The summed E-state index contributed by atoms with van der Waals surface area (Å²) in [5.74, 6) is 1.58. The zero-order valence-electron chi connectivity index (χ0n) is 29.1. The SMILES string of the molecule is c1ccc2cc3c(cc2c1)c1cc(-n2c4ccccc4c4ccc5ccccc5c42)ccc1n3-c1nc(-c2cccc3ccccc23)nc2ccccc12. The first-order valence-electron chi connectivity index (χ1n) is 18.4. The zero-order valence-corrected chi connectivity index (χ0v) is 29.1. The van der Waals surface area contributed by atoms with Crippen LogP contribution in [0.4, 0.5) is 0 Å². The van der Waals surface area contributed by atoms with E-state index in [4.69, 9.17) is 9.97 Å². The summed E-state index contributed by atoms with van der Waals surface area (Å²) in [7, 11) is 0. The molecule has 0 aliphatic carbocycles. The third-order valence-corrected chi connectivity index (χ3v) is 11.3. The van der Waals surface area contributed by atoms with Crippen molar-refractivity contribution in [1.29, 1.82) is 0 Å². The Bertz CT molecular complexity index is 3510. The van der Waals surface area contributed by atoms with E-state index in [1.807, 2.05) is 0 Å². The van der Waals surface area contributed by atoms with Gasteiger partial charge in [-0.15, -0.1) is 0 Å². The molecule has 12 aromatic rings. The molecule has 0 N–H and O–H groups in total. The Kier molecular flexibility index (Phi) is 6.02. The van der Waals surface area contributed by atoms with Crippen molar-refractivity contribution in [2.24, 2.45) is 0 Å². The maximum absolute atomic E-state index is 5.48. The molecule has 0 amide bonds. The molecule has 4 heteroatoms. The van der Waals surface area contributed by atoms with Crippen molar-refractivity contribution in [3.63, 3.8) is 0 Å². The fourth-order valence-electron chi connectivity index (χ4n) is 8.83. The van der Waals surface area contributed by atoms with Crippen molar-refractivity contribution in [2.75, 3.05) is 0 Å². The second kappa shape index (κ2) is 11.1. The molecule has 0 aliphatic heterocycles. The molecule has 4 nitrogen and oxygen atoms in total. The quantitative estimate of drug-likeness (QED) is 0.185. The predicted octanol–water partition coefficient (Wildman–Crippen LogP) is 13.0. The molecule has 0 saturated heterocycles. The average Bonchev–Trinajstić information content (AvgIpc) is 3.74. The van der Waals surface area contributed by atoms with E-state index in [0.717, 1.165) is 44.4 Å². The van der Waals surface area contributed by atoms with Crippen LogP contribution in [0.1, 0.15) is 0 Å². The minimum Gasteiger partial charge on any atom is -0.309 e. The molecule has 0 spiro atoms. The van der Waals surface area contributed by atoms with Gasteiger partial charge in [0.05, 0.1) is 27.6 Å².